The Kier molecular flexibility index (Phi) is 12.1. The topological polar surface area (TPSA) is 95.6 Å². The van der Waals surface area contributed by atoms with Crippen LogP contribution in [0.25, 0.3) is 0 Å². The van der Waals surface area contributed by atoms with Gasteiger partial charge in [0.2, 0.25) is 11.8 Å². The van der Waals surface area contributed by atoms with Gasteiger partial charge in [0, 0.05) is 48.0 Å². The van der Waals surface area contributed by atoms with Crippen molar-refractivity contribution in [3.05, 3.63) is 12.2 Å². The molecule has 1 aliphatic rings. The summed E-state index contributed by atoms with van der Waals surface area (Å²) in [5, 5.41) is 5.85. The molecule has 0 fully saturated rings. The van der Waals surface area contributed by atoms with Crippen LogP contribution in [0.1, 0.15) is 71.6 Å². The molecule has 7 nitrogen and oxygen atoms in total. The van der Waals surface area contributed by atoms with Crippen LogP contribution < -0.4 is 10.6 Å². The third-order valence-electron chi connectivity index (χ3n) is 4.63. The molecule has 0 spiro atoms. The number of hydrogen-bond donors (Lipinski definition) is 2. The molecule has 0 saturated heterocycles. The lowest BCUT2D eigenvalue weighted by atomic mass is 10.1. The van der Waals surface area contributed by atoms with Crippen molar-refractivity contribution in [1.82, 2.24) is 15.5 Å². The number of carbonyl (C=O) groups excluding carboxylic acids is 4. The minimum atomic E-state index is -0.255. The maximum atomic E-state index is 11.8. The highest BCUT2D eigenvalue weighted by Crippen LogP contribution is 2.20. The van der Waals surface area contributed by atoms with Gasteiger partial charge in [-0.25, -0.2) is 0 Å². The Morgan fingerprint density at radius 2 is 1.38 bits per heavy atom. The predicted octanol–water partition coefficient (Wildman–Crippen LogP) is 2.87. The molecule has 8 heteroatoms. The standard InChI is InChI=1S/C21H34IN3O4/c1-21(2,22)13-15-24-18(27)9-5-3-7-14-23-17(26)10-6-4-8-16-25-19(28)11-12-20(25)29/h11-12H,3-10,13-16H2,1-2H3,(H,23,26)(H,24,27). The van der Waals surface area contributed by atoms with E-state index in [2.05, 4.69) is 47.1 Å². The molecule has 0 aromatic rings. The average Bonchev–Trinajstić information content (AvgIpc) is 2.95. The van der Waals surface area contributed by atoms with E-state index >= 15 is 0 Å². The van der Waals surface area contributed by atoms with Gasteiger partial charge in [-0.3, -0.25) is 24.1 Å². The van der Waals surface area contributed by atoms with Crippen LogP contribution in [0.2, 0.25) is 0 Å². The van der Waals surface area contributed by atoms with Gasteiger partial charge in [0.15, 0.2) is 0 Å². The van der Waals surface area contributed by atoms with Crippen LogP contribution in [0.15, 0.2) is 12.2 Å². The molecule has 0 saturated carbocycles. The first-order valence-electron chi connectivity index (χ1n) is 10.4. The summed E-state index contributed by atoms with van der Waals surface area (Å²) in [6.45, 7) is 6.04. The lowest BCUT2D eigenvalue weighted by molar-refractivity contribution is -0.137. The Bertz CT molecular complexity index is 581. The first-order chi connectivity index (χ1) is 13.7. The number of imide groups is 1. The number of rotatable bonds is 15. The van der Waals surface area contributed by atoms with Crippen molar-refractivity contribution in [2.24, 2.45) is 0 Å². The number of halogens is 1. The molecule has 0 aromatic heterocycles. The highest BCUT2D eigenvalue weighted by atomic mass is 127. The van der Waals surface area contributed by atoms with Gasteiger partial charge >= 0.3 is 0 Å². The predicted molar refractivity (Wildman–Crippen MR) is 122 cm³/mol. The molecule has 1 rings (SSSR count). The van der Waals surface area contributed by atoms with Crippen molar-refractivity contribution in [3.8, 4) is 0 Å². The van der Waals surface area contributed by atoms with Crippen molar-refractivity contribution < 1.29 is 19.2 Å². The normalized spacial score (nSPS) is 13.8. The van der Waals surface area contributed by atoms with E-state index in [1.54, 1.807) is 0 Å². The minimum absolute atomic E-state index is 0.0270. The van der Waals surface area contributed by atoms with E-state index < -0.39 is 0 Å². The summed E-state index contributed by atoms with van der Waals surface area (Å²) in [4.78, 5) is 47.6. The van der Waals surface area contributed by atoms with Crippen molar-refractivity contribution >= 4 is 46.2 Å². The van der Waals surface area contributed by atoms with E-state index in [-0.39, 0.29) is 27.1 Å². The molecule has 0 radical (unpaired) electrons. The molecule has 1 aliphatic heterocycles. The van der Waals surface area contributed by atoms with Crippen molar-refractivity contribution in [2.75, 3.05) is 19.6 Å². The van der Waals surface area contributed by atoms with E-state index in [1.807, 2.05) is 0 Å². The van der Waals surface area contributed by atoms with E-state index in [0.29, 0.717) is 38.9 Å². The van der Waals surface area contributed by atoms with Gasteiger partial charge < -0.3 is 10.6 Å². The van der Waals surface area contributed by atoms with Gasteiger partial charge in [-0.05, 0) is 32.1 Å². The molecule has 164 valence electrons. The Balaban J connectivity index is 1.91. The van der Waals surface area contributed by atoms with Gasteiger partial charge in [-0.15, -0.1) is 0 Å². The summed E-state index contributed by atoms with van der Waals surface area (Å²) in [5.41, 5.74) is 0. The summed E-state index contributed by atoms with van der Waals surface area (Å²) in [6.07, 6.45) is 9.38. The van der Waals surface area contributed by atoms with Crippen LogP contribution in [0, 0.1) is 0 Å². The van der Waals surface area contributed by atoms with Crippen LogP contribution in [-0.4, -0.2) is 51.6 Å². The number of hydrogen-bond acceptors (Lipinski definition) is 4. The van der Waals surface area contributed by atoms with E-state index in [1.165, 1.54) is 17.1 Å². The highest BCUT2D eigenvalue weighted by Gasteiger charge is 2.22. The first kappa shape index (κ1) is 25.6. The monoisotopic (exact) mass is 519 g/mol. The molecule has 0 atom stereocenters. The molecule has 29 heavy (non-hydrogen) atoms. The number of amides is 4. The smallest absolute Gasteiger partial charge is 0.253 e. The molecule has 0 aliphatic carbocycles. The van der Waals surface area contributed by atoms with Gasteiger partial charge in [0.1, 0.15) is 0 Å². The molecular formula is C21H34IN3O4. The lowest BCUT2D eigenvalue weighted by Gasteiger charge is -2.16. The first-order valence-corrected chi connectivity index (χ1v) is 11.5. The molecule has 0 bridgehead atoms. The number of unbranched alkanes of at least 4 members (excludes halogenated alkanes) is 4. The Morgan fingerprint density at radius 1 is 0.862 bits per heavy atom. The van der Waals surface area contributed by atoms with Crippen molar-refractivity contribution in [2.45, 2.75) is 75.1 Å². The largest absolute Gasteiger partial charge is 0.356 e. The maximum Gasteiger partial charge on any atom is 0.253 e. The molecule has 2 N–H and O–H groups in total. The molecule has 4 amide bonds. The third kappa shape index (κ3) is 12.7. The second-order valence-electron chi connectivity index (χ2n) is 7.95. The molecule has 1 heterocycles. The van der Waals surface area contributed by atoms with Gasteiger partial charge in [-0.2, -0.15) is 0 Å². The number of nitrogens with zero attached hydrogens (tertiary/aromatic N) is 1. The number of nitrogens with one attached hydrogen (secondary N) is 2. The second kappa shape index (κ2) is 13.7. The van der Waals surface area contributed by atoms with Crippen molar-refractivity contribution in [3.63, 3.8) is 0 Å². The Morgan fingerprint density at radius 3 is 1.93 bits per heavy atom. The highest BCUT2D eigenvalue weighted by molar-refractivity contribution is 14.1. The maximum absolute atomic E-state index is 11.8. The van der Waals surface area contributed by atoms with Crippen LogP contribution in [-0.2, 0) is 19.2 Å². The molecule has 0 aromatic carbocycles. The van der Waals surface area contributed by atoms with E-state index in [9.17, 15) is 19.2 Å². The Labute approximate surface area is 187 Å². The fraction of sp³-hybridized carbons (Fsp3) is 0.714. The SMILES string of the molecule is CC(C)(I)CCNC(=O)CCCCCNC(=O)CCCCCN1C(=O)C=CC1=O. The third-order valence-corrected chi connectivity index (χ3v) is 5.17. The molecular weight excluding hydrogens is 485 g/mol. The molecule has 0 unspecified atom stereocenters. The zero-order valence-electron chi connectivity index (χ0n) is 17.6. The van der Waals surface area contributed by atoms with E-state index in [0.717, 1.165) is 38.5 Å². The van der Waals surface area contributed by atoms with Crippen LogP contribution in [0.5, 0.6) is 0 Å². The summed E-state index contributed by atoms with van der Waals surface area (Å²) in [5.74, 6) is -0.383. The van der Waals surface area contributed by atoms with E-state index in [4.69, 9.17) is 0 Å². The van der Waals surface area contributed by atoms with Gasteiger partial charge in [-0.1, -0.05) is 49.3 Å². The van der Waals surface area contributed by atoms with Crippen LogP contribution >= 0.6 is 22.6 Å². The van der Waals surface area contributed by atoms with Crippen molar-refractivity contribution in [1.29, 1.82) is 0 Å². The van der Waals surface area contributed by atoms with Crippen LogP contribution in [0.4, 0.5) is 0 Å². The van der Waals surface area contributed by atoms with Gasteiger partial charge in [0.05, 0.1) is 0 Å². The summed E-state index contributed by atoms with van der Waals surface area (Å²) in [6, 6.07) is 0. The zero-order valence-corrected chi connectivity index (χ0v) is 19.8. The average molecular weight is 519 g/mol. The lowest BCUT2D eigenvalue weighted by Crippen LogP contribution is -2.30. The summed E-state index contributed by atoms with van der Waals surface area (Å²) < 4.78 is 0.201. The van der Waals surface area contributed by atoms with Crippen LogP contribution in [0.3, 0.4) is 0 Å². The number of alkyl halides is 1. The zero-order chi connectivity index (χ0) is 21.7. The summed E-state index contributed by atoms with van der Waals surface area (Å²) >= 11 is 2.38. The second-order valence-corrected chi connectivity index (χ2v) is 10.9. The number of carbonyl (C=O) groups is 4. The Hall–Kier alpha value is -1.45. The minimum Gasteiger partial charge on any atom is -0.356 e. The fourth-order valence-corrected chi connectivity index (χ4v) is 3.14. The quantitative estimate of drug-likeness (QED) is 0.151. The fourth-order valence-electron chi connectivity index (χ4n) is 2.87. The summed E-state index contributed by atoms with van der Waals surface area (Å²) in [7, 11) is 0. The van der Waals surface area contributed by atoms with Gasteiger partial charge in [0.25, 0.3) is 11.8 Å².